The molecular formula is C11H12BrFO. The minimum Gasteiger partial charge on any atom is -0.299 e. The number of carbonyl (C=O) groups excluding carboxylic acids is 1. The summed E-state index contributed by atoms with van der Waals surface area (Å²) in [6, 6.07) is 4.82. The van der Waals surface area contributed by atoms with E-state index in [1.165, 1.54) is 19.1 Å². The standard InChI is InChI=1S/C11H12BrFO/c1-7-3-9(5-10(13)4-7)6-11(12)8(2)14/h3-5,11H,6H2,1-2H3. The van der Waals surface area contributed by atoms with Gasteiger partial charge in [-0.25, -0.2) is 4.39 Å². The Balaban J connectivity index is 2.81. The largest absolute Gasteiger partial charge is 0.299 e. The Morgan fingerprint density at radius 1 is 1.50 bits per heavy atom. The van der Waals surface area contributed by atoms with E-state index in [1.807, 2.05) is 13.0 Å². The Morgan fingerprint density at radius 2 is 2.14 bits per heavy atom. The van der Waals surface area contributed by atoms with Gasteiger partial charge in [-0.15, -0.1) is 0 Å². The van der Waals surface area contributed by atoms with Crippen molar-refractivity contribution in [2.75, 3.05) is 0 Å². The van der Waals surface area contributed by atoms with Crippen molar-refractivity contribution in [3.8, 4) is 0 Å². The summed E-state index contributed by atoms with van der Waals surface area (Å²) in [6.45, 7) is 3.36. The van der Waals surface area contributed by atoms with Crippen molar-refractivity contribution in [2.45, 2.75) is 25.1 Å². The van der Waals surface area contributed by atoms with Crippen LogP contribution in [0.4, 0.5) is 4.39 Å². The SMILES string of the molecule is CC(=O)C(Br)Cc1cc(C)cc(F)c1. The van der Waals surface area contributed by atoms with Crippen molar-refractivity contribution >= 4 is 21.7 Å². The summed E-state index contributed by atoms with van der Waals surface area (Å²) >= 11 is 3.26. The molecule has 0 aliphatic heterocycles. The lowest BCUT2D eigenvalue weighted by atomic mass is 10.1. The number of carbonyl (C=O) groups is 1. The second kappa shape index (κ2) is 4.69. The molecule has 0 radical (unpaired) electrons. The van der Waals surface area contributed by atoms with Gasteiger partial charge in [-0.3, -0.25) is 4.79 Å². The molecule has 0 amide bonds. The number of alkyl halides is 1. The number of benzene rings is 1. The molecule has 76 valence electrons. The number of hydrogen-bond donors (Lipinski definition) is 0. The number of hydrogen-bond acceptors (Lipinski definition) is 1. The molecular weight excluding hydrogens is 247 g/mol. The van der Waals surface area contributed by atoms with Gasteiger partial charge in [0.15, 0.2) is 0 Å². The highest BCUT2D eigenvalue weighted by Gasteiger charge is 2.11. The summed E-state index contributed by atoms with van der Waals surface area (Å²) in [5, 5.41) is 0. The molecule has 0 spiro atoms. The van der Waals surface area contributed by atoms with Crippen molar-refractivity contribution in [3.05, 3.63) is 35.1 Å². The summed E-state index contributed by atoms with van der Waals surface area (Å²) in [6.07, 6.45) is 0.536. The first-order chi connectivity index (χ1) is 6.49. The zero-order chi connectivity index (χ0) is 10.7. The van der Waals surface area contributed by atoms with E-state index in [9.17, 15) is 9.18 Å². The molecule has 0 N–H and O–H groups in total. The molecule has 0 heterocycles. The van der Waals surface area contributed by atoms with Gasteiger partial charge in [-0.05, 0) is 43.5 Å². The molecule has 0 aromatic heterocycles. The highest BCUT2D eigenvalue weighted by molar-refractivity contribution is 9.10. The molecule has 1 nitrogen and oxygen atoms in total. The average Bonchev–Trinajstić information content (AvgIpc) is 2.01. The average molecular weight is 259 g/mol. The molecule has 0 bridgehead atoms. The van der Waals surface area contributed by atoms with Crippen molar-refractivity contribution in [2.24, 2.45) is 0 Å². The minimum absolute atomic E-state index is 0.0620. The summed E-state index contributed by atoms with van der Waals surface area (Å²) in [7, 11) is 0. The fourth-order valence-corrected chi connectivity index (χ4v) is 1.65. The van der Waals surface area contributed by atoms with E-state index in [0.717, 1.165) is 11.1 Å². The second-order valence-electron chi connectivity index (χ2n) is 3.42. The predicted octanol–water partition coefficient (Wildman–Crippen LogP) is 3.03. The van der Waals surface area contributed by atoms with E-state index in [2.05, 4.69) is 15.9 Å². The summed E-state index contributed by atoms with van der Waals surface area (Å²) in [4.78, 5) is 10.8. The Morgan fingerprint density at radius 3 is 2.64 bits per heavy atom. The van der Waals surface area contributed by atoms with Crippen molar-refractivity contribution in [1.82, 2.24) is 0 Å². The maximum atomic E-state index is 13.0. The molecule has 14 heavy (non-hydrogen) atoms. The number of Topliss-reactive ketones (excluding diaryl/α,β-unsaturated/α-hetero) is 1. The van der Waals surface area contributed by atoms with E-state index in [1.54, 1.807) is 0 Å². The molecule has 0 saturated carbocycles. The summed E-state index contributed by atoms with van der Waals surface area (Å²) in [5.41, 5.74) is 1.72. The van der Waals surface area contributed by atoms with Crippen molar-refractivity contribution in [1.29, 1.82) is 0 Å². The molecule has 1 unspecified atom stereocenters. The zero-order valence-electron chi connectivity index (χ0n) is 8.18. The van der Waals surface area contributed by atoms with Crippen LogP contribution >= 0.6 is 15.9 Å². The molecule has 3 heteroatoms. The molecule has 1 aromatic carbocycles. The van der Waals surface area contributed by atoms with Crippen LogP contribution in [-0.4, -0.2) is 10.6 Å². The third kappa shape index (κ3) is 3.22. The molecule has 0 aliphatic carbocycles. The first kappa shape index (κ1) is 11.4. The maximum absolute atomic E-state index is 13.0. The summed E-state index contributed by atoms with van der Waals surface area (Å²) in [5.74, 6) is -0.185. The van der Waals surface area contributed by atoms with Crippen LogP contribution in [0.2, 0.25) is 0 Å². The van der Waals surface area contributed by atoms with Crippen LogP contribution in [0, 0.1) is 12.7 Å². The quantitative estimate of drug-likeness (QED) is 0.762. The Bertz CT molecular complexity index is 329. The molecule has 1 aromatic rings. The fraction of sp³-hybridized carbons (Fsp3) is 0.364. The highest BCUT2D eigenvalue weighted by atomic mass is 79.9. The molecule has 1 atom stereocenters. The smallest absolute Gasteiger partial charge is 0.143 e. The third-order valence-electron chi connectivity index (χ3n) is 1.96. The van der Waals surface area contributed by atoms with Gasteiger partial charge in [-0.2, -0.15) is 0 Å². The van der Waals surface area contributed by atoms with Gasteiger partial charge in [0.25, 0.3) is 0 Å². The second-order valence-corrected chi connectivity index (χ2v) is 4.52. The van der Waals surface area contributed by atoms with Crippen molar-refractivity contribution in [3.63, 3.8) is 0 Å². The number of ketones is 1. The van der Waals surface area contributed by atoms with E-state index < -0.39 is 0 Å². The van der Waals surface area contributed by atoms with Crippen LogP contribution in [0.5, 0.6) is 0 Å². The molecule has 1 rings (SSSR count). The summed E-state index contributed by atoms with van der Waals surface area (Å²) < 4.78 is 13.0. The number of rotatable bonds is 3. The first-order valence-electron chi connectivity index (χ1n) is 4.39. The van der Waals surface area contributed by atoms with Gasteiger partial charge < -0.3 is 0 Å². The lowest BCUT2D eigenvalue weighted by molar-refractivity contribution is -0.116. The van der Waals surface area contributed by atoms with Crippen LogP contribution in [0.1, 0.15) is 18.1 Å². The lowest BCUT2D eigenvalue weighted by Gasteiger charge is -2.06. The van der Waals surface area contributed by atoms with Crippen LogP contribution in [-0.2, 0) is 11.2 Å². The minimum atomic E-state index is -0.247. The highest BCUT2D eigenvalue weighted by Crippen LogP contribution is 2.14. The number of aryl methyl sites for hydroxylation is 1. The van der Waals surface area contributed by atoms with Crippen LogP contribution < -0.4 is 0 Å². The first-order valence-corrected chi connectivity index (χ1v) is 5.31. The van der Waals surface area contributed by atoms with Crippen LogP contribution in [0.3, 0.4) is 0 Å². The van der Waals surface area contributed by atoms with Gasteiger partial charge in [-0.1, -0.05) is 22.0 Å². The van der Waals surface area contributed by atoms with Gasteiger partial charge in [0.2, 0.25) is 0 Å². The van der Waals surface area contributed by atoms with E-state index >= 15 is 0 Å². The maximum Gasteiger partial charge on any atom is 0.143 e. The topological polar surface area (TPSA) is 17.1 Å². The van der Waals surface area contributed by atoms with Crippen LogP contribution in [0.25, 0.3) is 0 Å². The normalized spacial score (nSPS) is 12.6. The van der Waals surface area contributed by atoms with Gasteiger partial charge in [0, 0.05) is 0 Å². The van der Waals surface area contributed by atoms with Gasteiger partial charge in [0.05, 0.1) is 4.83 Å². The van der Waals surface area contributed by atoms with Crippen LogP contribution in [0.15, 0.2) is 18.2 Å². The Kier molecular flexibility index (Phi) is 3.81. The van der Waals surface area contributed by atoms with E-state index in [-0.39, 0.29) is 16.4 Å². The van der Waals surface area contributed by atoms with E-state index in [4.69, 9.17) is 0 Å². The predicted molar refractivity (Wildman–Crippen MR) is 58.2 cm³/mol. The van der Waals surface area contributed by atoms with Gasteiger partial charge in [0.1, 0.15) is 11.6 Å². The molecule has 0 saturated heterocycles. The van der Waals surface area contributed by atoms with E-state index in [0.29, 0.717) is 6.42 Å². The fourth-order valence-electron chi connectivity index (χ4n) is 1.28. The molecule has 0 fully saturated rings. The van der Waals surface area contributed by atoms with Gasteiger partial charge >= 0.3 is 0 Å². The number of halogens is 2. The monoisotopic (exact) mass is 258 g/mol. The lowest BCUT2D eigenvalue weighted by Crippen LogP contribution is -2.12. The molecule has 0 aliphatic rings. The Hall–Kier alpha value is -0.700. The Labute approximate surface area is 91.5 Å². The van der Waals surface area contributed by atoms with Crippen molar-refractivity contribution < 1.29 is 9.18 Å². The third-order valence-corrected chi connectivity index (χ3v) is 2.93. The zero-order valence-corrected chi connectivity index (χ0v) is 9.77.